The molecule has 0 bridgehead atoms. The van der Waals surface area contributed by atoms with Gasteiger partial charge >= 0.3 is 0 Å². The number of nitrogens with one attached hydrogen (secondary N) is 1. The summed E-state index contributed by atoms with van der Waals surface area (Å²) in [5, 5.41) is 1.27. The second kappa shape index (κ2) is 5.14. The second-order valence-electron chi connectivity index (χ2n) is 5.85. The zero-order chi connectivity index (χ0) is 15.1. The molecule has 4 heteroatoms. The van der Waals surface area contributed by atoms with E-state index in [0.29, 0.717) is 0 Å². The first kappa shape index (κ1) is 13.3. The van der Waals surface area contributed by atoms with Crippen molar-refractivity contribution in [2.24, 2.45) is 0 Å². The number of fused-ring (bicyclic) bond motifs is 3. The number of H-pyrrole nitrogens is 1. The number of pyridine rings is 1. The number of nitrogens with zero attached hydrogens (tertiary/aromatic N) is 2. The third kappa shape index (κ3) is 1.99. The molecule has 0 amide bonds. The molecule has 22 heavy (non-hydrogen) atoms. The Labute approximate surface area is 129 Å². The molecule has 1 unspecified atom stereocenters. The molecule has 112 valence electrons. The summed E-state index contributed by atoms with van der Waals surface area (Å²) in [6.45, 7) is 1.04. The average molecular weight is 293 g/mol. The van der Waals surface area contributed by atoms with Crippen LogP contribution >= 0.6 is 0 Å². The van der Waals surface area contributed by atoms with E-state index in [1.807, 2.05) is 24.5 Å². The van der Waals surface area contributed by atoms with E-state index in [4.69, 9.17) is 4.74 Å². The normalized spacial score (nSPS) is 18.4. The van der Waals surface area contributed by atoms with Crippen molar-refractivity contribution in [1.29, 1.82) is 0 Å². The van der Waals surface area contributed by atoms with Crippen LogP contribution in [0.3, 0.4) is 0 Å². The van der Waals surface area contributed by atoms with Gasteiger partial charge in [-0.15, -0.1) is 0 Å². The van der Waals surface area contributed by atoms with Crippen molar-refractivity contribution in [1.82, 2.24) is 14.9 Å². The van der Waals surface area contributed by atoms with Crippen LogP contribution in [0, 0.1) is 0 Å². The highest BCUT2D eigenvalue weighted by molar-refractivity contribution is 5.86. The molecular formula is C18H19N3O. The molecule has 1 N–H and O–H groups in total. The first-order valence-corrected chi connectivity index (χ1v) is 7.56. The van der Waals surface area contributed by atoms with Crippen molar-refractivity contribution in [2.45, 2.75) is 12.5 Å². The van der Waals surface area contributed by atoms with Crippen molar-refractivity contribution in [3.63, 3.8) is 0 Å². The summed E-state index contributed by atoms with van der Waals surface area (Å²) in [4.78, 5) is 10.3. The second-order valence-corrected chi connectivity index (χ2v) is 5.85. The number of aromatic nitrogens is 2. The van der Waals surface area contributed by atoms with E-state index in [2.05, 4.69) is 40.1 Å². The van der Waals surface area contributed by atoms with Crippen LogP contribution < -0.4 is 4.74 Å². The Morgan fingerprint density at radius 1 is 1.32 bits per heavy atom. The van der Waals surface area contributed by atoms with Crippen LogP contribution in [0.15, 0.2) is 42.7 Å². The van der Waals surface area contributed by atoms with Crippen LogP contribution in [0.2, 0.25) is 0 Å². The van der Waals surface area contributed by atoms with E-state index >= 15 is 0 Å². The van der Waals surface area contributed by atoms with Crippen molar-refractivity contribution < 1.29 is 4.74 Å². The third-order valence-corrected chi connectivity index (χ3v) is 4.58. The number of rotatable bonds is 2. The molecule has 1 aromatic carbocycles. The fraction of sp³-hybridized carbons (Fsp3) is 0.278. The fourth-order valence-electron chi connectivity index (χ4n) is 3.47. The maximum atomic E-state index is 5.38. The van der Waals surface area contributed by atoms with E-state index in [9.17, 15) is 0 Å². The largest absolute Gasteiger partial charge is 0.497 e. The Bertz CT molecular complexity index is 810. The summed E-state index contributed by atoms with van der Waals surface area (Å²) < 4.78 is 5.38. The van der Waals surface area contributed by atoms with Crippen LogP contribution in [-0.2, 0) is 6.42 Å². The summed E-state index contributed by atoms with van der Waals surface area (Å²) in [6.07, 6.45) is 4.83. The molecule has 0 aliphatic carbocycles. The number of methoxy groups -OCH3 is 1. The highest BCUT2D eigenvalue weighted by Gasteiger charge is 2.29. The first-order chi connectivity index (χ1) is 10.8. The Morgan fingerprint density at radius 3 is 3.00 bits per heavy atom. The molecule has 0 radical (unpaired) electrons. The van der Waals surface area contributed by atoms with Gasteiger partial charge in [0.25, 0.3) is 0 Å². The molecule has 0 saturated heterocycles. The van der Waals surface area contributed by atoms with Gasteiger partial charge in [-0.25, -0.2) is 0 Å². The molecule has 2 aromatic heterocycles. The molecule has 0 saturated carbocycles. The van der Waals surface area contributed by atoms with Gasteiger partial charge in [0, 0.05) is 35.5 Å². The molecule has 4 nitrogen and oxygen atoms in total. The van der Waals surface area contributed by atoms with Crippen LogP contribution in [0.1, 0.15) is 22.9 Å². The molecule has 1 atom stereocenters. The number of benzene rings is 1. The Morgan fingerprint density at radius 2 is 2.23 bits per heavy atom. The Hall–Kier alpha value is -2.33. The molecule has 3 heterocycles. The quantitative estimate of drug-likeness (QED) is 0.789. The zero-order valence-electron chi connectivity index (χ0n) is 12.8. The Kier molecular flexibility index (Phi) is 3.12. The topological polar surface area (TPSA) is 41.1 Å². The summed E-state index contributed by atoms with van der Waals surface area (Å²) >= 11 is 0. The summed E-state index contributed by atoms with van der Waals surface area (Å²) in [7, 11) is 3.89. The third-order valence-electron chi connectivity index (χ3n) is 4.58. The van der Waals surface area contributed by atoms with E-state index in [1.54, 1.807) is 7.11 Å². The van der Waals surface area contributed by atoms with E-state index < -0.39 is 0 Å². The van der Waals surface area contributed by atoms with Gasteiger partial charge in [-0.2, -0.15) is 0 Å². The van der Waals surface area contributed by atoms with Gasteiger partial charge in [-0.05, 0) is 48.9 Å². The lowest BCUT2D eigenvalue weighted by Crippen LogP contribution is -2.32. The number of aromatic amines is 1. The maximum Gasteiger partial charge on any atom is 0.119 e. The average Bonchev–Trinajstić information content (AvgIpc) is 2.92. The highest BCUT2D eigenvalue weighted by atomic mass is 16.5. The highest BCUT2D eigenvalue weighted by Crippen LogP contribution is 2.38. The van der Waals surface area contributed by atoms with Gasteiger partial charge in [0.05, 0.1) is 13.2 Å². The SMILES string of the molecule is COc1ccc2[nH]c3c(c2c1)CCN(C)C3c1cccnc1. The number of hydrogen-bond donors (Lipinski definition) is 1. The molecular weight excluding hydrogens is 274 g/mol. The molecule has 1 aliphatic rings. The number of hydrogen-bond acceptors (Lipinski definition) is 3. The predicted octanol–water partition coefficient (Wildman–Crippen LogP) is 3.15. The van der Waals surface area contributed by atoms with Crippen LogP contribution in [-0.4, -0.2) is 35.6 Å². The molecule has 0 fully saturated rings. The molecule has 3 aromatic rings. The van der Waals surface area contributed by atoms with Gasteiger partial charge in [-0.3, -0.25) is 9.88 Å². The van der Waals surface area contributed by atoms with Gasteiger partial charge in [-0.1, -0.05) is 6.07 Å². The van der Waals surface area contributed by atoms with Gasteiger partial charge in [0.1, 0.15) is 5.75 Å². The minimum atomic E-state index is 0.232. The van der Waals surface area contributed by atoms with Crippen molar-refractivity contribution in [2.75, 3.05) is 20.7 Å². The number of likely N-dealkylation sites (N-methyl/N-ethyl adjacent to an activating group) is 1. The lowest BCUT2D eigenvalue weighted by molar-refractivity contribution is 0.261. The summed E-state index contributed by atoms with van der Waals surface area (Å²) in [5.74, 6) is 0.908. The van der Waals surface area contributed by atoms with Crippen LogP contribution in [0.5, 0.6) is 5.75 Å². The van der Waals surface area contributed by atoms with E-state index in [1.165, 1.54) is 27.7 Å². The van der Waals surface area contributed by atoms with Crippen LogP contribution in [0.4, 0.5) is 0 Å². The lowest BCUT2D eigenvalue weighted by Gasteiger charge is -2.32. The Balaban J connectivity index is 1.91. The monoisotopic (exact) mass is 293 g/mol. The fourth-order valence-corrected chi connectivity index (χ4v) is 3.47. The van der Waals surface area contributed by atoms with Gasteiger partial charge < -0.3 is 9.72 Å². The van der Waals surface area contributed by atoms with Crippen molar-refractivity contribution in [3.8, 4) is 5.75 Å². The molecule has 4 rings (SSSR count). The van der Waals surface area contributed by atoms with Crippen molar-refractivity contribution >= 4 is 10.9 Å². The van der Waals surface area contributed by atoms with Crippen LogP contribution in [0.25, 0.3) is 10.9 Å². The van der Waals surface area contributed by atoms with E-state index in [0.717, 1.165) is 18.7 Å². The smallest absolute Gasteiger partial charge is 0.119 e. The van der Waals surface area contributed by atoms with Gasteiger partial charge in [0.2, 0.25) is 0 Å². The lowest BCUT2D eigenvalue weighted by atomic mass is 9.94. The molecule has 1 aliphatic heterocycles. The maximum absolute atomic E-state index is 5.38. The minimum absolute atomic E-state index is 0.232. The van der Waals surface area contributed by atoms with Crippen molar-refractivity contribution in [3.05, 3.63) is 59.5 Å². The summed E-state index contributed by atoms with van der Waals surface area (Å²) in [6, 6.07) is 10.6. The van der Waals surface area contributed by atoms with E-state index in [-0.39, 0.29) is 6.04 Å². The minimum Gasteiger partial charge on any atom is -0.497 e. The molecule has 0 spiro atoms. The standard InChI is InChI=1S/C18H19N3O/c1-21-9-7-14-15-10-13(22-2)5-6-16(15)20-17(14)18(21)12-4-3-8-19-11-12/h3-6,8,10-11,18,20H,7,9H2,1-2H3. The number of ether oxygens (including phenoxy) is 1. The zero-order valence-corrected chi connectivity index (χ0v) is 12.8. The summed E-state index contributed by atoms with van der Waals surface area (Å²) in [5.41, 5.74) is 5.09. The first-order valence-electron chi connectivity index (χ1n) is 7.56. The van der Waals surface area contributed by atoms with Gasteiger partial charge in [0.15, 0.2) is 0 Å². The predicted molar refractivity (Wildman–Crippen MR) is 87.3 cm³/mol.